The fourth-order valence-corrected chi connectivity index (χ4v) is 1.82. The van der Waals surface area contributed by atoms with Gasteiger partial charge in [-0.15, -0.1) is 12.4 Å². The van der Waals surface area contributed by atoms with E-state index in [1.165, 1.54) is 6.07 Å². The Bertz CT molecular complexity index is 452. The molecule has 0 radical (unpaired) electrons. The van der Waals surface area contributed by atoms with Crippen LogP contribution in [-0.4, -0.2) is 19.0 Å². The van der Waals surface area contributed by atoms with Crippen LogP contribution < -0.4 is 11.1 Å². The van der Waals surface area contributed by atoms with Crippen LogP contribution in [0.25, 0.3) is 0 Å². The van der Waals surface area contributed by atoms with Crippen molar-refractivity contribution in [1.29, 1.82) is 0 Å². The average Bonchev–Trinajstić information content (AvgIpc) is 2.38. The highest BCUT2D eigenvalue weighted by Crippen LogP contribution is 2.31. The lowest BCUT2D eigenvalue weighted by Gasteiger charge is -2.14. The maximum atomic E-state index is 12.6. The molecule has 0 aliphatic carbocycles. The van der Waals surface area contributed by atoms with Gasteiger partial charge in [0.1, 0.15) is 0 Å². The first-order valence-corrected chi connectivity index (χ1v) is 6.48. The number of hydrogen-bond acceptors (Lipinski definition) is 2. The van der Waals surface area contributed by atoms with Crippen molar-refractivity contribution in [2.75, 3.05) is 13.1 Å². The van der Waals surface area contributed by atoms with Crippen LogP contribution in [0.2, 0.25) is 0 Å². The van der Waals surface area contributed by atoms with Crippen molar-refractivity contribution in [3.63, 3.8) is 0 Å². The first-order chi connectivity index (χ1) is 9.34. The number of nitrogens with one attached hydrogen (secondary N) is 1. The van der Waals surface area contributed by atoms with E-state index >= 15 is 0 Å². The Morgan fingerprint density at radius 3 is 2.62 bits per heavy atom. The maximum absolute atomic E-state index is 12.6. The molecule has 1 rings (SSSR count). The quantitative estimate of drug-likeness (QED) is 0.790. The van der Waals surface area contributed by atoms with Gasteiger partial charge in [0, 0.05) is 13.0 Å². The van der Waals surface area contributed by atoms with Crippen LogP contribution in [0.1, 0.15) is 36.8 Å². The molecule has 0 aromatic heterocycles. The highest BCUT2D eigenvalue weighted by atomic mass is 35.5. The summed E-state index contributed by atoms with van der Waals surface area (Å²) >= 11 is 0. The van der Waals surface area contributed by atoms with Crippen LogP contribution in [-0.2, 0) is 11.0 Å². The van der Waals surface area contributed by atoms with Crippen molar-refractivity contribution >= 4 is 18.3 Å². The van der Waals surface area contributed by atoms with Gasteiger partial charge in [-0.3, -0.25) is 4.79 Å². The summed E-state index contributed by atoms with van der Waals surface area (Å²) in [6, 6.07) is 5.09. The molecule has 0 saturated carbocycles. The number of halogens is 4. The highest BCUT2D eigenvalue weighted by Gasteiger charge is 2.30. The SMILES string of the molecule is CC(CC(=O)NCCCN)c1cccc(C(F)(F)F)c1.Cl. The normalized spacial score (nSPS) is 12.4. The topological polar surface area (TPSA) is 55.1 Å². The fourth-order valence-electron chi connectivity index (χ4n) is 1.82. The molecular formula is C14H20ClF3N2O. The smallest absolute Gasteiger partial charge is 0.356 e. The standard InChI is InChI=1S/C14H19F3N2O.ClH/c1-10(8-13(20)19-7-3-6-18)11-4-2-5-12(9-11)14(15,16)17;/h2,4-5,9-10H,3,6-8,18H2,1H3,(H,19,20);1H. The van der Waals surface area contributed by atoms with Gasteiger partial charge in [-0.2, -0.15) is 13.2 Å². The molecule has 0 aliphatic heterocycles. The van der Waals surface area contributed by atoms with Gasteiger partial charge in [0.2, 0.25) is 5.91 Å². The molecule has 1 atom stereocenters. The molecular weight excluding hydrogens is 305 g/mol. The molecule has 3 nitrogen and oxygen atoms in total. The van der Waals surface area contributed by atoms with Gasteiger partial charge in [-0.25, -0.2) is 0 Å². The van der Waals surface area contributed by atoms with Gasteiger partial charge in [0.05, 0.1) is 5.56 Å². The summed E-state index contributed by atoms with van der Waals surface area (Å²) in [5, 5.41) is 2.69. The first kappa shape index (κ1) is 19.7. The van der Waals surface area contributed by atoms with Crippen molar-refractivity contribution < 1.29 is 18.0 Å². The number of benzene rings is 1. The Labute approximate surface area is 128 Å². The number of nitrogens with two attached hydrogens (primary N) is 1. The summed E-state index contributed by atoms with van der Waals surface area (Å²) in [7, 11) is 0. The molecule has 7 heteroatoms. The zero-order valence-electron chi connectivity index (χ0n) is 11.7. The number of carbonyl (C=O) groups excluding carboxylic acids is 1. The number of carbonyl (C=O) groups is 1. The lowest BCUT2D eigenvalue weighted by atomic mass is 9.95. The van der Waals surface area contributed by atoms with Crippen molar-refractivity contribution in [3.8, 4) is 0 Å². The summed E-state index contributed by atoms with van der Waals surface area (Å²) in [4.78, 5) is 11.6. The minimum absolute atomic E-state index is 0. The molecule has 1 unspecified atom stereocenters. The number of rotatable bonds is 6. The lowest BCUT2D eigenvalue weighted by Crippen LogP contribution is -2.26. The molecule has 120 valence electrons. The van der Waals surface area contributed by atoms with E-state index in [0.717, 1.165) is 12.1 Å². The molecule has 1 aromatic rings. The van der Waals surface area contributed by atoms with Gasteiger partial charge >= 0.3 is 6.18 Å². The molecule has 3 N–H and O–H groups in total. The largest absolute Gasteiger partial charge is 0.416 e. The fraction of sp³-hybridized carbons (Fsp3) is 0.500. The Hall–Kier alpha value is -1.27. The van der Waals surface area contributed by atoms with Gasteiger partial charge in [-0.05, 0) is 30.5 Å². The molecule has 0 aliphatic rings. The van der Waals surface area contributed by atoms with Gasteiger partial charge in [0.15, 0.2) is 0 Å². The Morgan fingerprint density at radius 1 is 1.38 bits per heavy atom. The van der Waals surface area contributed by atoms with E-state index in [1.807, 2.05) is 0 Å². The zero-order valence-corrected chi connectivity index (χ0v) is 12.6. The molecule has 1 aromatic carbocycles. The molecule has 0 bridgehead atoms. The van der Waals surface area contributed by atoms with E-state index in [4.69, 9.17) is 5.73 Å². The van der Waals surface area contributed by atoms with E-state index in [1.54, 1.807) is 13.0 Å². The minimum Gasteiger partial charge on any atom is -0.356 e. The van der Waals surface area contributed by atoms with Crippen molar-refractivity contribution in [2.45, 2.75) is 31.9 Å². The van der Waals surface area contributed by atoms with Crippen LogP contribution in [0.3, 0.4) is 0 Å². The van der Waals surface area contributed by atoms with Crippen LogP contribution in [0.4, 0.5) is 13.2 Å². The Balaban J connectivity index is 0.00000400. The maximum Gasteiger partial charge on any atom is 0.416 e. The predicted molar refractivity (Wildman–Crippen MR) is 78.4 cm³/mol. The van der Waals surface area contributed by atoms with Crippen molar-refractivity contribution in [2.24, 2.45) is 5.73 Å². The van der Waals surface area contributed by atoms with Crippen LogP contribution in [0.15, 0.2) is 24.3 Å². The second-order valence-electron chi connectivity index (χ2n) is 4.72. The highest BCUT2D eigenvalue weighted by molar-refractivity contribution is 5.85. The second kappa shape index (κ2) is 8.89. The van der Waals surface area contributed by atoms with Crippen LogP contribution in [0, 0.1) is 0 Å². The van der Waals surface area contributed by atoms with Crippen LogP contribution >= 0.6 is 12.4 Å². The molecule has 1 amide bonds. The molecule has 0 heterocycles. The summed E-state index contributed by atoms with van der Waals surface area (Å²) in [6.45, 7) is 2.71. The third-order valence-corrected chi connectivity index (χ3v) is 2.98. The Morgan fingerprint density at radius 2 is 2.05 bits per heavy atom. The Kier molecular flexibility index (Phi) is 8.36. The third kappa shape index (κ3) is 6.82. The van der Waals surface area contributed by atoms with Crippen molar-refractivity contribution in [1.82, 2.24) is 5.32 Å². The van der Waals surface area contributed by atoms with E-state index < -0.39 is 11.7 Å². The monoisotopic (exact) mass is 324 g/mol. The van der Waals surface area contributed by atoms with E-state index in [-0.39, 0.29) is 30.7 Å². The lowest BCUT2D eigenvalue weighted by molar-refractivity contribution is -0.137. The predicted octanol–water partition coefficient (Wildman–Crippen LogP) is 3.09. The van der Waals surface area contributed by atoms with Gasteiger partial charge in [-0.1, -0.05) is 25.1 Å². The summed E-state index contributed by atoms with van der Waals surface area (Å²) in [5.41, 5.74) is 5.13. The van der Waals surface area contributed by atoms with Crippen LogP contribution in [0.5, 0.6) is 0 Å². The minimum atomic E-state index is -4.36. The van der Waals surface area contributed by atoms with E-state index in [0.29, 0.717) is 25.1 Å². The van der Waals surface area contributed by atoms with Crippen molar-refractivity contribution in [3.05, 3.63) is 35.4 Å². The van der Waals surface area contributed by atoms with Gasteiger partial charge < -0.3 is 11.1 Å². The van der Waals surface area contributed by atoms with Gasteiger partial charge in [0.25, 0.3) is 0 Å². The molecule has 0 fully saturated rings. The first-order valence-electron chi connectivity index (χ1n) is 6.48. The summed E-state index contributed by atoms with van der Waals surface area (Å²) in [5.74, 6) is -0.446. The number of amides is 1. The third-order valence-electron chi connectivity index (χ3n) is 2.98. The summed E-state index contributed by atoms with van der Waals surface area (Å²) in [6.07, 6.45) is -3.52. The second-order valence-corrected chi connectivity index (χ2v) is 4.72. The zero-order chi connectivity index (χ0) is 15.2. The number of hydrogen-bond donors (Lipinski definition) is 2. The molecule has 0 spiro atoms. The number of alkyl halides is 3. The molecule has 0 saturated heterocycles. The average molecular weight is 325 g/mol. The van der Waals surface area contributed by atoms with E-state index in [2.05, 4.69) is 5.32 Å². The summed E-state index contributed by atoms with van der Waals surface area (Å²) < 4.78 is 37.8. The molecule has 21 heavy (non-hydrogen) atoms. The van der Waals surface area contributed by atoms with E-state index in [9.17, 15) is 18.0 Å².